The van der Waals surface area contributed by atoms with Crippen LogP contribution in [0.2, 0.25) is 0 Å². The van der Waals surface area contributed by atoms with E-state index in [0.29, 0.717) is 11.7 Å². The fourth-order valence-electron chi connectivity index (χ4n) is 3.67. The van der Waals surface area contributed by atoms with Gasteiger partial charge in [0, 0.05) is 44.1 Å². The summed E-state index contributed by atoms with van der Waals surface area (Å²) in [5.41, 5.74) is 5.80. The van der Waals surface area contributed by atoms with E-state index in [1.807, 2.05) is 6.20 Å². The van der Waals surface area contributed by atoms with Crippen LogP contribution in [0, 0.1) is 5.92 Å². The highest BCUT2D eigenvalue weighted by atomic mass is 15.3. The van der Waals surface area contributed by atoms with Crippen molar-refractivity contribution in [2.24, 2.45) is 5.92 Å². The molecular weight excluding hydrogens is 288 g/mol. The Morgan fingerprint density at radius 3 is 2.83 bits per heavy atom. The van der Waals surface area contributed by atoms with E-state index in [9.17, 15) is 0 Å². The van der Waals surface area contributed by atoms with E-state index in [-0.39, 0.29) is 0 Å². The summed E-state index contributed by atoms with van der Waals surface area (Å²) in [6, 6.07) is 1.73. The van der Waals surface area contributed by atoms with Gasteiger partial charge in [-0.25, -0.2) is 9.97 Å². The van der Waals surface area contributed by atoms with Gasteiger partial charge in [-0.3, -0.25) is 0 Å². The number of anilines is 2. The first-order valence-corrected chi connectivity index (χ1v) is 8.64. The second-order valence-electron chi connectivity index (χ2n) is 6.80. The average molecular weight is 312 g/mol. The third kappa shape index (κ3) is 3.02. The smallest absolute Gasteiger partial charge is 0.227 e. The largest absolute Gasteiger partial charge is 0.384 e. The molecule has 2 fully saturated rings. The Bertz CT molecular complexity index is 663. The lowest BCUT2D eigenvalue weighted by Gasteiger charge is -2.33. The maximum Gasteiger partial charge on any atom is 0.227 e. The monoisotopic (exact) mass is 312 g/mol. The highest BCUT2D eigenvalue weighted by Crippen LogP contribution is 2.31. The molecule has 1 aliphatic heterocycles. The summed E-state index contributed by atoms with van der Waals surface area (Å²) >= 11 is 0. The molecule has 0 radical (unpaired) electrons. The number of rotatable bonds is 4. The highest BCUT2D eigenvalue weighted by molar-refractivity contribution is 5.38. The Morgan fingerprint density at radius 1 is 1.13 bits per heavy atom. The van der Waals surface area contributed by atoms with E-state index < -0.39 is 0 Å². The van der Waals surface area contributed by atoms with Gasteiger partial charge < -0.3 is 15.2 Å². The minimum Gasteiger partial charge on any atom is -0.384 e. The van der Waals surface area contributed by atoms with Gasteiger partial charge in [-0.2, -0.15) is 4.98 Å². The van der Waals surface area contributed by atoms with Gasteiger partial charge in [0.2, 0.25) is 5.95 Å². The molecule has 2 aromatic heterocycles. The Balaban J connectivity index is 1.50. The van der Waals surface area contributed by atoms with Crippen LogP contribution in [-0.2, 0) is 6.54 Å². The minimum atomic E-state index is 0.448. The number of piperidine rings is 1. The molecule has 0 bridgehead atoms. The SMILES string of the molecule is Nc1ccnc(N2CCC[C@@H](c3nccn3CC3CCC3)C2)n1. The highest BCUT2D eigenvalue weighted by Gasteiger charge is 2.27. The quantitative estimate of drug-likeness (QED) is 0.938. The summed E-state index contributed by atoms with van der Waals surface area (Å²) in [6.07, 6.45) is 12.3. The van der Waals surface area contributed by atoms with Crippen molar-refractivity contribution in [2.75, 3.05) is 23.7 Å². The van der Waals surface area contributed by atoms with Crippen LogP contribution in [0.4, 0.5) is 11.8 Å². The lowest BCUT2D eigenvalue weighted by atomic mass is 9.85. The lowest BCUT2D eigenvalue weighted by Crippen LogP contribution is -2.36. The van der Waals surface area contributed by atoms with Gasteiger partial charge in [-0.15, -0.1) is 0 Å². The van der Waals surface area contributed by atoms with Crippen molar-refractivity contribution in [2.45, 2.75) is 44.6 Å². The third-order valence-corrected chi connectivity index (χ3v) is 5.16. The van der Waals surface area contributed by atoms with Crippen molar-refractivity contribution in [1.29, 1.82) is 0 Å². The fraction of sp³-hybridized carbons (Fsp3) is 0.588. The van der Waals surface area contributed by atoms with Crippen molar-refractivity contribution in [1.82, 2.24) is 19.5 Å². The number of nitrogen functional groups attached to an aromatic ring is 1. The Morgan fingerprint density at radius 2 is 2.04 bits per heavy atom. The Hall–Kier alpha value is -2.11. The standard InChI is InChI=1S/C17H24N6/c18-15-6-7-20-17(21-15)23-9-2-5-14(12-23)16-19-8-10-22(16)11-13-3-1-4-13/h6-8,10,13-14H,1-5,9,11-12H2,(H2,18,20,21)/t14-/m1/s1. The van der Waals surface area contributed by atoms with Crippen LogP contribution in [0.3, 0.4) is 0 Å². The fourth-order valence-corrected chi connectivity index (χ4v) is 3.67. The second-order valence-corrected chi connectivity index (χ2v) is 6.80. The van der Waals surface area contributed by atoms with Crippen LogP contribution in [0.25, 0.3) is 0 Å². The molecule has 6 nitrogen and oxygen atoms in total. The minimum absolute atomic E-state index is 0.448. The van der Waals surface area contributed by atoms with Crippen LogP contribution in [0.1, 0.15) is 43.8 Å². The molecular formula is C17H24N6. The molecule has 1 saturated heterocycles. The zero-order chi connectivity index (χ0) is 15.6. The zero-order valence-corrected chi connectivity index (χ0v) is 13.4. The Labute approximate surface area is 136 Å². The second kappa shape index (κ2) is 6.18. The molecule has 3 heterocycles. The van der Waals surface area contributed by atoms with Crippen LogP contribution < -0.4 is 10.6 Å². The van der Waals surface area contributed by atoms with Gasteiger partial charge in [0.1, 0.15) is 11.6 Å². The summed E-state index contributed by atoms with van der Waals surface area (Å²) in [7, 11) is 0. The molecule has 0 aromatic carbocycles. The molecule has 0 amide bonds. The molecule has 23 heavy (non-hydrogen) atoms. The summed E-state index contributed by atoms with van der Waals surface area (Å²) in [6.45, 7) is 3.04. The molecule has 0 unspecified atom stereocenters. The third-order valence-electron chi connectivity index (χ3n) is 5.16. The zero-order valence-electron chi connectivity index (χ0n) is 13.4. The van der Waals surface area contributed by atoms with Gasteiger partial charge >= 0.3 is 0 Å². The predicted octanol–water partition coefficient (Wildman–Crippen LogP) is 2.44. The maximum atomic E-state index is 5.80. The molecule has 1 aliphatic carbocycles. The first-order chi connectivity index (χ1) is 11.3. The van der Waals surface area contributed by atoms with Crippen molar-refractivity contribution in [3.05, 3.63) is 30.5 Å². The topological polar surface area (TPSA) is 72.9 Å². The van der Waals surface area contributed by atoms with Crippen molar-refractivity contribution in [3.63, 3.8) is 0 Å². The van der Waals surface area contributed by atoms with E-state index >= 15 is 0 Å². The molecule has 1 saturated carbocycles. The average Bonchev–Trinajstić information content (AvgIpc) is 2.99. The van der Waals surface area contributed by atoms with Crippen LogP contribution in [-0.4, -0.2) is 32.6 Å². The molecule has 2 aromatic rings. The molecule has 4 rings (SSSR count). The van der Waals surface area contributed by atoms with Gasteiger partial charge in [0.25, 0.3) is 0 Å². The summed E-state index contributed by atoms with van der Waals surface area (Å²) in [4.78, 5) is 15.7. The molecule has 2 aliphatic rings. The van der Waals surface area contributed by atoms with Crippen LogP contribution in [0.15, 0.2) is 24.7 Å². The van der Waals surface area contributed by atoms with Crippen molar-refractivity contribution >= 4 is 11.8 Å². The molecule has 1 atom stereocenters. The number of imidazole rings is 1. The van der Waals surface area contributed by atoms with E-state index in [0.717, 1.165) is 37.9 Å². The van der Waals surface area contributed by atoms with E-state index in [1.165, 1.54) is 31.5 Å². The number of nitrogens with two attached hydrogens (primary N) is 1. The molecule has 122 valence electrons. The van der Waals surface area contributed by atoms with E-state index in [4.69, 9.17) is 5.73 Å². The lowest BCUT2D eigenvalue weighted by molar-refractivity contribution is 0.270. The van der Waals surface area contributed by atoms with Gasteiger partial charge in [-0.1, -0.05) is 6.42 Å². The maximum absolute atomic E-state index is 5.80. The van der Waals surface area contributed by atoms with E-state index in [2.05, 4.69) is 30.6 Å². The molecule has 6 heteroatoms. The van der Waals surface area contributed by atoms with Crippen LogP contribution >= 0.6 is 0 Å². The normalized spacial score (nSPS) is 22.1. The first-order valence-electron chi connectivity index (χ1n) is 8.64. The van der Waals surface area contributed by atoms with Gasteiger partial charge in [0.05, 0.1) is 0 Å². The first kappa shape index (κ1) is 14.5. The van der Waals surface area contributed by atoms with Crippen molar-refractivity contribution in [3.8, 4) is 0 Å². The van der Waals surface area contributed by atoms with Gasteiger partial charge in [0.15, 0.2) is 0 Å². The number of hydrogen-bond acceptors (Lipinski definition) is 5. The molecule has 2 N–H and O–H groups in total. The van der Waals surface area contributed by atoms with Crippen LogP contribution in [0.5, 0.6) is 0 Å². The summed E-state index contributed by atoms with van der Waals surface area (Å²) in [5, 5.41) is 0. The van der Waals surface area contributed by atoms with E-state index in [1.54, 1.807) is 12.3 Å². The predicted molar refractivity (Wildman–Crippen MR) is 90.2 cm³/mol. The van der Waals surface area contributed by atoms with Gasteiger partial charge in [-0.05, 0) is 37.7 Å². The number of nitrogens with zero attached hydrogens (tertiary/aromatic N) is 5. The summed E-state index contributed by atoms with van der Waals surface area (Å²) in [5.74, 6) is 3.80. The summed E-state index contributed by atoms with van der Waals surface area (Å²) < 4.78 is 2.37. The number of hydrogen-bond donors (Lipinski definition) is 1. The number of aromatic nitrogens is 4. The Kier molecular flexibility index (Phi) is 3.89. The molecule has 0 spiro atoms. The van der Waals surface area contributed by atoms with Crippen molar-refractivity contribution < 1.29 is 0 Å².